The van der Waals surface area contributed by atoms with E-state index in [2.05, 4.69) is 68.3 Å². The molecule has 0 spiro atoms. The summed E-state index contributed by atoms with van der Waals surface area (Å²) in [5.41, 5.74) is 9.23. The van der Waals surface area contributed by atoms with Crippen molar-refractivity contribution in [2.45, 2.75) is 83.6 Å². The molecule has 1 N–H and O–H groups in total. The molecule has 1 fully saturated rings. The highest BCUT2D eigenvalue weighted by atomic mass is 32.2. The second-order valence-corrected chi connectivity index (χ2v) is 17.8. The van der Waals surface area contributed by atoms with Crippen LogP contribution >= 0.6 is 0 Å². The molecule has 49 heavy (non-hydrogen) atoms. The van der Waals surface area contributed by atoms with Crippen molar-refractivity contribution in [1.29, 1.82) is 0 Å². The fourth-order valence-corrected chi connectivity index (χ4v) is 8.96. The topological polar surface area (TPSA) is 142 Å². The Kier molecular flexibility index (Phi) is 10.9. The first kappa shape index (κ1) is 35.7. The zero-order valence-corrected chi connectivity index (χ0v) is 30.5. The van der Waals surface area contributed by atoms with Crippen LogP contribution in [0.3, 0.4) is 0 Å². The average molecular weight is 709 g/mol. The van der Waals surface area contributed by atoms with Crippen molar-refractivity contribution in [1.82, 2.24) is 38.8 Å². The predicted octanol–water partition coefficient (Wildman–Crippen LogP) is 3.12. The fraction of sp³-hybridized carbons (Fsp3) is 0.543. The molecular formula is C35H48N8O4S2. The van der Waals surface area contributed by atoms with Crippen molar-refractivity contribution in [2.24, 2.45) is 0 Å². The maximum Gasteiger partial charge on any atom is 0.211 e. The lowest BCUT2D eigenvalue weighted by Crippen LogP contribution is -2.39. The second kappa shape index (κ2) is 15.0. The van der Waals surface area contributed by atoms with E-state index in [1.807, 2.05) is 12.1 Å². The van der Waals surface area contributed by atoms with E-state index in [0.717, 1.165) is 73.7 Å². The summed E-state index contributed by atoms with van der Waals surface area (Å²) >= 11 is 0. The first-order valence-electron chi connectivity index (χ1n) is 17.1. The SMILES string of the molecule is CC1Cc2ncnc(C3=CCN(S(C)(=O)=O)CC3)c2CN1Cc1ccccc1.CC1Cc2ncnc(C3CCN(S(C)(=O)=O)CC3)c2CN1. The van der Waals surface area contributed by atoms with Gasteiger partial charge in [-0.3, -0.25) is 4.90 Å². The second-order valence-electron chi connectivity index (χ2n) is 13.8. The maximum absolute atomic E-state index is 11.8. The van der Waals surface area contributed by atoms with E-state index in [1.165, 1.54) is 33.5 Å². The van der Waals surface area contributed by atoms with E-state index in [-0.39, 0.29) is 0 Å². The quantitative estimate of drug-likeness (QED) is 0.406. The minimum Gasteiger partial charge on any atom is -0.310 e. The predicted molar refractivity (Wildman–Crippen MR) is 190 cm³/mol. The number of rotatable bonds is 6. The lowest BCUT2D eigenvalue weighted by atomic mass is 9.88. The Hall–Kier alpha value is -3.14. The highest BCUT2D eigenvalue weighted by molar-refractivity contribution is 7.88. The molecule has 12 nitrogen and oxygen atoms in total. The zero-order chi connectivity index (χ0) is 34.8. The summed E-state index contributed by atoms with van der Waals surface area (Å²) in [4.78, 5) is 20.5. The maximum atomic E-state index is 11.8. The van der Waals surface area contributed by atoms with Crippen LogP contribution in [0.25, 0.3) is 5.57 Å². The molecule has 1 aromatic carbocycles. The van der Waals surface area contributed by atoms with Crippen molar-refractivity contribution < 1.29 is 16.8 Å². The van der Waals surface area contributed by atoms with Gasteiger partial charge >= 0.3 is 0 Å². The van der Waals surface area contributed by atoms with Crippen LogP contribution in [-0.4, -0.2) is 101 Å². The van der Waals surface area contributed by atoms with Crippen molar-refractivity contribution in [2.75, 3.05) is 38.7 Å². The van der Waals surface area contributed by atoms with Crippen molar-refractivity contribution in [3.8, 4) is 0 Å². The number of fused-ring (bicyclic) bond motifs is 2. The number of nitrogens with one attached hydrogen (secondary N) is 1. The Balaban J connectivity index is 0.000000177. The van der Waals surface area contributed by atoms with Gasteiger partial charge in [-0.25, -0.2) is 41.1 Å². The number of aromatic nitrogens is 4. The van der Waals surface area contributed by atoms with E-state index in [0.29, 0.717) is 50.6 Å². The molecular weight excluding hydrogens is 661 g/mol. The van der Waals surface area contributed by atoms with Crippen LogP contribution < -0.4 is 5.32 Å². The lowest BCUT2D eigenvalue weighted by Gasteiger charge is -2.35. The number of benzene rings is 1. The molecule has 4 aliphatic heterocycles. The fourth-order valence-electron chi connectivity index (χ4n) is 7.32. The van der Waals surface area contributed by atoms with Crippen molar-refractivity contribution in [3.05, 3.63) is 88.5 Å². The third-order valence-electron chi connectivity index (χ3n) is 10.2. The Morgan fingerprint density at radius 3 is 2.14 bits per heavy atom. The molecule has 1 saturated heterocycles. The molecule has 4 aliphatic rings. The summed E-state index contributed by atoms with van der Waals surface area (Å²) in [5, 5.41) is 3.46. The Labute approximate surface area is 291 Å². The molecule has 0 amide bonds. The highest BCUT2D eigenvalue weighted by Gasteiger charge is 2.31. The summed E-state index contributed by atoms with van der Waals surface area (Å²) in [6.45, 7) is 9.04. The number of hydrogen-bond acceptors (Lipinski definition) is 10. The van der Waals surface area contributed by atoms with Crippen LogP contribution in [0.1, 0.15) is 78.5 Å². The first-order chi connectivity index (χ1) is 23.4. The van der Waals surface area contributed by atoms with E-state index in [1.54, 1.807) is 17.0 Å². The molecule has 2 aromatic heterocycles. The van der Waals surface area contributed by atoms with E-state index < -0.39 is 20.0 Å². The van der Waals surface area contributed by atoms with Crippen LogP contribution in [-0.2, 0) is 52.5 Å². The number of piperidine rings is 1. The van der Waals surface area contributed by atoms with Gasteiger partial charge in [-0.2, -0.15) is 4.31 Å². The number of nitrogens with zero attached hydrogens (tertiary/aromatic N) is 7. The van der Waals surface area contributed by atoms with E-state index in [4.69, 9.17) is 0 Å². The van der Waals surface area contributed by atoms with Crippen LogP contribution in [0.4, 0.5) is 0 Å². The van der Waals surface area contributed by atoms with Gasteiger partial charge in [0.15, 0.2) is 0 Å². The van der Waals surface area contributed by atoms with E-state index in [9.17, 15) is 16.8 Å². The minimum absolute atomic E-state index is 0.343. The van der Waals surface area contributed by atoms with Crippen molar-refractivity contribution in [3.63, 3.8) is 0 Å². The molecule has 0 aliphatic carbocycles. The van der Waals surface area contributed by atoms with E-state index >= 15 is 0 Å². The largest absolute Gasteiger partial charge is 0.310 e. The Morgan fingerprint density at radius 2 is 1.49 bits per heavy atom. The molecule has 264 valence electrons. The first-order valence-corrected chi connectivity index (χ1v) is 20.8. The third-order valence-corrected chi connectivity index (χ3v) is 12.8. The number of sulfonamides is 2. The van der Waals surface area contributed by atoms with Gasteiger partial charge in [0.1, 0.15) is 12.7 Å². The summed E-state index contributed by atoms with van der Waals surface area (Å²) in [6, 6.07) is 11.4. The summed E-state index contributed by atoms with van der Waals surface area (Å²) in [7, 11) is -6.22. The Bertz CT molecular complexity index is 1880. The standard InChI is InChI=1S/C21H26N4O2S.C14H22N4O2S/c1-16-12-20-19(14-24(16)13-17-6-4-3-5-7-17)21(23-15-22-20)18-8-10-25(11-9-18)28(2,26)27;1-10-7-13-12(8-15-10)14(17-9-16-13)11-3-5-18(6-4-11)21(2,19)20/h3-8,15-16H,9-14H2,1-2H3;9-11,15H,3-8H2,1-2H3. The average Bonchev–Trinajstić information content (AvgIpc) is 3.08. The molecule has 0 saturated carbocycles. The van der Waals surface area contributed by atoms with Gasteiger partial charge in [-0.15, -0.1) is 0 Å². The van der Waals surface area contributed by atoms with Crippen LogP contribution in [0, 0.1) is 0 Å². The van der Waals surface area contributed by atoms with Gasteiger partial charge in [0, 0.05) is 87.8 Å². The molecule has 2 unspecified atom stereocenters. The van der Waals surface area contributed by atoms with Crippen LogP contribution in [0.2, 0.25) is 0 Å². The highest BCUT2D eigenvalue weighted by Crippen LogP contribution is 2.33. The smallest absolute Gasteiger partial charge is 0.211 e. The minimum atomic E-state index is -3.15. The Morgan fingerprint density at radius 1 is 0.816 bits per heavy atom. The van der Waals surface area contributed by atoms with Gasteiger partial charge in [-0.1, -0.05) is 36.4 Å². The monoisotopic (exact) mass is 708 g/mol. The number of hydrogen-bond donors (Lipinski definition) is 1. The van der Waals surface area contributed by atoms with Gasteiger partial charge < -0.3 is 5.32 Å². The molecule has 6 heterocycles. The molecule has 2 atom stereocenters. The summed E-state index contributed by atoms with van der Waals surface area (Å²) in [5.74, 6) is 0.343. The molecule has 0 radical (unpaired) electrons. The van der Waals surface area contributed by atoms with Gasteiger partial charge in [0.05, 0.1) is 35.3 Å². The van der Waals surface area contributed by atoms with Gasteiger partial charge in [0.25, 0.3) is 0 Å². The normalized spacial score (nSPS) is 22.7. The van der Waals surface area contributed by atoms with Crippen LogP contribution in [0.15, 0.2) is 49.1 Å². The van der Waals surface area contributed by atoms with Gasteiger partial charge in [-0.05, 0) is 44.2 Å². The molecule has 14 heteroatoms. The van der Waals surface area contributed by atoms with Gasteiger partial charge in [0.2, 0.25) is 20.0 Å². The summed E-state index contributed by atoms with van der Waals surface area (Å²) < 4.78 is 49.8. The summed E-state index contributed by atoms with van der Waals surface area (Å²) in [6.07, 6.45) is 12.1. The lowest BCUT2D eigenvalue weighted by molar-refractivity contribution is 0.172. The zero-order valence-electron chi connectivity index (χ0n) is 28.9. The van der Waals surface area contributed by atoms with Crippen molar-refractivity contribution >= 4 is 25.6 Å². The van der Waals surface area contributed by atoms with Crippen LogP contribution in [0.5, 0.6) is 0 Å². The molecule has 3 aromatic rings. The third kappa shape index (κ3) is 8.61. The molecule has 7 rings (SSSR count). The molecule has 0 bridgehead atoms.